The molecule has 0 radical (unpaired) electrons. The molecule has 0 unspecified atom stereocenters. The van der Waals surface area contributed by atoms with Gasteiger partial charge in [0, 0.05) is 37.4 Å². The molecule has 0 spiro atoms. The summed E-state index contributed by atoms with van der Waals surface area (Å²) in [5.41, 5.74) is 3.24. The molecule has 1 heterocycles. The Bertz CT molecular complexity index is 861. The van der Waals surface area contributed by atoms with E-state index >= 15 is 0 Å². The van der Waals surface area contributed by atoms with Crippen LogP contribution in [0.5, 0.6) is 5.75 Å². The smallest absolute Gasteiger partial charge is 0.262 e. The molecule has 1 saturated heterocycles. The summed E-state index contributed by atoms with van der Waals surface area (Å²) < 4.78 is 10.9. The summed E-state index contributed by atoms with van der Waals surface area (Å²) in [6.45, 7) is 8.54. The molecule has 0 bridgehead atoms. The molecule has 30 heavy (non-hydrogen) atoms. The molecule has 3 rings (SSSR count). The summed E-state index contributed by atoms with van der Waals surface area (Å²) >= 11 is 0. The molecule has 1 aliphatic heterocycles. The number of ether oxygens (including phenoxy) is 2. The number of rotatable bonds is 8. The zero-order valence-electron chi connectivity index (χ0n) is 17.6. The predicted molar refractivity (Wildman–Crippen MR) is 116 cm³/mol. The van der Waals surface area contributed by atoms with Crippen molar-refractivity contribution in [2.24, 2.45) is 0 Å². The van der Waals surface area contributed by atoms with Crippen molar-refractivity contribution in [2.45, 2.75) is 13.8 Å². The number of aryl methyl sites for hydroxylation is 2. The summed E-state index contributed by atoms with van der Waals surface area (Å²) in [6, 6.07) is 12.7. The SMILES string of the molecule is Cc1ccc(C)c(OCC(=O)Nc2ccc(C(=O)NCCN3CCOCC3)cc2)c1. The fourth-order valence-electron chi connectivity index (χ4n) is 3.16. The molecule has 0 aliphatic carbocycles. The van der Waals surface area contributed by atoms with E-state index in [1.165, 1.54) is 0 Å². The zero-order chi connectivity index (χ0) is 21.3. The van der Waals surface area contributed by atoms with Gasteiger partial charge in [0.25, 0.3) is 11.8 Å². The minimum atomic E-state index is -0.251. The van der Waals surface area contributed by atoms with Gasteiger partial charge < -0.3 is 20.1 Å². The topological polar surface area (TPSA) is 79.9 Å². The van der Waals surface area contributed by atoms with Crippen LogP contribution in [0.3, 0.4) is 0 Å². The minimum absolute atomic E-state index is 0.0753. The highest BCUT2D eigenvalue weighted by atomic mass is 16.5. The van der Waals surface area contributed by atoms with Crippen LogP contribution in [0.15, 0.2) is 42.5 Å². The lowest BCUT2D eigenvalue weighted by molar-refractivity contribution is -0.118. The van der Waals surface area contributed by atoms with Gasteiger partial charge >= 0.3 is 0 Å². The maximum absolute atomic E-state index is 12.3. The Kier molecular flexibility index (Phi) is 7.82. The molecule has 0 saturated carbocycles. The van der Waals surface area contributed by atoms with Gasteiger partial charge in [0.1, 0.15) is 5.75 Å². The molecular weight excluding hydrogens is 382 g/mol. The molecule has 2 N–H and O–H groups in total. The zero-order valence-corrected chi connectivity index (χ0v) is 17.6. The summed E-state index contributed by atoms with van der Waals surface area (Å²) in [5, 5.41) is 5.71. The van der Waals surface area contributed by atoms with Crippen molar-refractivity contribution < 1.29 is 19.1 Å². The molecule has 2 aromatic rings. The fraction of sp³-hybridized carbons (Fsp3) is 0.391. The Labute approximate surface area is 177 Å². The van der Waals surface area contributed by atoms with Gasteiger partial charge in [-0.25, -0.2) is 0 Å². The Hall–Kier alpha value is -2.90. The van der Waals surface area contributed by atoms with Crippen molar-refractivity contribution in [3.8, 4) is 5.75 Å². The van der Waals surface area contributed by atoms with Gasteiger partial charge in [-0.15, -0.1) is 0 Å². The fourth-order valence-corrected chi connectivity index (χ4v) is 3.16. The van der Waals surface area contributed by atoms with E-state index < -0.39 is 0 Å². The number of hydrogen-bond acceptors (Lipinski definition) is 5. The van der Waals surface area contributed by atoms with Crippen LogP contribution in [0.25, 0.3) is 0 Å². The normalized spacial score (nSPS) is 14.2. The van der Waals surface area contributed by atoms with Gasteiger partial charge in [0.2, 0.25) is 0 Å². The van der Waals surface area contributed by atoms with Crippen LogP contribution in [0, 0.1) is 13.8 Å². The van der Waals surface area contributed by atoms with Crippen LogP contribution in [-0.4, -0.2) is 62.7 Å². The van der Waals surface area contributed by atoms with Crippen molar-refractivity contribution in [3.63, 3.8) is 0 Å². The first-order valence-corrected chi connectivity index (χ1v) is 10.2. The van der Waals surface area contributed by atoms with Gasteiger partial charge in [-0.05, 0) is 55.3 Å². The summed E-state index contributed by atoms with van der Waals surface area (Å²) in [4.78, 5) is 26.7. The molecule has 160 valence electrons. The predicted octanol–water partition coefficient (Wildman–Crippen LogP) is 2.38. The first kappa shape index (κ1) is 21.8. The second kappa shape index (κ2) is 10.8. The molecule has 7 nitrogen and oxygen atoms in total. The van der Waals surface area contributed by atoms with Crippen LogP contribution < -0.4 is 15.4 Å². The number of carbonyl (C=O) groups excluding carboxylic acids is 2. The van der Waals surface area contributed by atoms with Crippen LogP contribution >= 0.6 is 0 Å². The lowest BCUT2D eigenvalue weighted by Gasteiger charge is -2.26. The van der Waals surface area contributed by atoms with E-state index in [0.29, 0.717) is 23.5 Å². The van der Waals surface area contributed by atoms with E-state index in [1.54, 1.807) is 24.3 Å². The number of benzene rings is 2. The molecule has 1 aliphatic rings. The number of nitrogens with zero attached hydrogens (tertiary/aromatic N) is 1. The number of morpholine rings is 1. The standard InChI is InChI=1S/C23H29N3O4/c1-17-3-4-18(2)21(15-17)30-16-22(27)25-20-7-5-19(6-8-20)23(28)24-9-10-26-11-13-29-14-12-26/h3-8,15H,9-14,16H2,1-2H3,(H,24,28)(H,25,27). The number of amides is 2. The van der Waals surface area contributed by atoms with Gasteiger partial charge in [0.05, 0.1) is 13.2 Å². The van der Waals surface area contributed by atoms with E-state index in [1.807, 2.05) is 32.0 Å². The van der Waals surface area contributed by atoms with Crippen molar-refractivity contribution in [3.05, 3.63) is 59.2 Å². The quantitative estimate of drug-likeness (QED) is 0.697. The molecule has 2 amide bonds. The lowest BCUT2D eigenvalue weighted by Crippen LogP contribution is -2.41. The highest BCUT2D eigenvalue weighted by Crippen LogP contribution is 2.19. The van der Waals surface area contributed by atoms with Crippen LogP contribution in [0.4, 0.5) is 5.69 Å². The van der Waals surface area contributed by atoms with E-state index in [-0.39, 0.29) is 18.4 Å². The monoisotopic (exact) mass is 411 g/mol. The Morgan fingerprint density at radius 2 is 1.80 bits per heavy atom. The minimum Gasteiger partial charge on any atom is -0.483 e. The van der Waals surface area contributed by atoms with E-state index in [0.717, 1.165) is 44.0 Å². The van der Waals surface area contributed by atoms with Crippen LogP contribution in [-0.2, 0) is 9.53 Å². The summed E-state index contributed by atoms with van der Waals surface area (Å²) in [5.74, 6) is 0.326. The van der Waals surface area contributed by atoms with E-state index in [4.69, 9.17) is 9.47 Å². The molecule has 0 atom stereocenters. The third kappa shape index (κ3) is 6.57. The lowest BCUT2D eigenvalue weighted by atomic mass is 10.1. The van der Waals surface area contributed by atoms with Gasteiger partial charge in [-0.1, -0.05) is 12.1 Å². The molecular formula is C23H29N3O4. The number of carbonyl (C=O) groups is 2. The van der Waals surface area contributed by atoms with Crippen molar-refractivity contribution in [1.82, 2.24) is 10.2 Å². The maximum Gasteiger partial charge on any atom is 0.262 e. The largest absolute Gasteiger partial charge is 0.483 e. The van der Waals surface area contributed by atoms with Crippen LogP contribution in [0.2, 0.25) is 0 Å². The van der Waals surface area contributed by atoms with Crippen molar-refractivity contribution >= 4 is 17.5 Å². The van der Waals surface area contributed by atoms with Crippen molar-refractivity contribution in [1.29, 1.82) is 0 Å². The highest BCUT2D eigenvalue weighted by Gasteiger charge is 2.11. The Morgan fingerprint density at radius 3 is 2.53 bits per heavy atom. The molecule has 2 aromatic carbocycles. The van der Waals surface area contributed by atoms with E-state index in [2.05, 4.69) is 15.5 Å². The average molecular weight is 412 g/mol. The van der Waals surface area contributed by atoms with Gasteiger partial charge in [-0.2, -0.15) is 0 Å². The average Bonchev–Trinajstić information content (AvgIpc) is 2.75. The van der Waals surface area contributed by atoms with Crippen molar-refractivity contribution in [2.75, 3.05) is 51.3 Å². The summed E-state index contributed by atoms with van der Waals surface area (Å²) in [7, 11) is 0. The molecule has 7 heteroatoms. The highest BCUT2D eigenvalue weighted by molar-refractivity contribution is 5.96. The third-order valence-electron chi connectivity index (χ3n) is 4.95. The number of nitrogens with one attached hydrogen (secondary N) is 2. The van der Waals surface area contributed by atoms with Crippen LogP contribution in [0.1, 0.15) is 21.5 Å². The summed E-state index contributed by atoms with van der Waals surface area (Å²) in [6.07, 6.45) is 0. The first-order chi connectivity index (χ1) is 14.5. The number of hydrogen-bond donors (Lipinski definition) is 2. The molecule has 1 fully saturated rings. The second-order valence-electron chi connectivity index (χ2n) is 7.39. The first-order valence-electron chi connectivity index (χ1n) is 10.2. The Balaban J connectivity index is 1.42. The maximum atomic E-state index is 12.3. The van der Waals surface area contributed by atoms with Gasteiger partial charge in [-0.3, -0.25) is 14.5 Å². The Morgan fingerprint density at radius 1 is 1.07 bits per heavy atom. The third-order valence-corrected chi connectivity index (χ3v) is 4.95. The van der Waals surface area contributed by atoms with E-state index in [9.17, 15) is 9.59 Å². The molecule has 0 aromatic heterocycles. The van der Waals surface area contributed by atoms with Gasteiger partial charge in [0.15, 0.2) is 6.61 Å². The second-order valence-corrected chi connectivity index (χ2v) is 7.39. The number of anilines is 1.